The number of aliphatic hydroxyl groups is 3. The highest BCUT2D eigenvalue weighted by atomic mass is 16.6. The van der Waals surface area contributed by atoms with Crippen molar-refractivity contribution >= 4 is 6.09 Å². The fourth-order valence-corrected chi connectivity index (χ4v) is 2.48. The SMILES string of the molecule is C[C@@H]1[C@H](O)[C@H](C)[C@@](CO)(NC(=O)OC(C)(C)C)O[C@@H]1CO. The summed E-state index contributed by atoms with van der Waals surface area (Å²) in [5.74, 6) is -0.877. The predicted molar refractivity (Wildman–Crippen MR) is 75.5 cm³/mol. The first-order valence-electron chi connectivity index (χ1n) is 7.15. The molecule has 1 heterocycles. The van der Waals surface area contributed by atoms with Crippen molar-refractivity contribution in [3.8, 4) is 0 Å². The summed E-state index contributed by atoms with van der Waals surface area (Å²) in [5, 5.41) is 31.8. The Kier molecular flexibility index (Phi) is 5.60. The number of nitrogens with one attached hydrogen (secondary N) is 1. The molecule has 1 fully saturated rings. The summed E-state index contributed by atoms with van der Waals surface area (Å²) in [6.45, 7) is 7.72. The van der Waals surface area contributed by atoms with Crippen molar-refractivity contribution in [3.63, 3.8) is 0 Å². The average molecular weight is 305 g/mol. The first kappa shape index (κ1) is 18.2. The minimum absolute atomic E-state index is 0.315. The van der Waals surface area contributed by atoms with Crippen LogP contribution in [0.25, 0.3) is 0 Å². The molecule has 21 heavy (non-hydrogen) atoms. The zero-order valence-electron chi connectivity index (χ0n) is 13.3. The molecule has 0 aromatic carbocycles. The number of carbonyl (C=O) groups is 1. The van der Waals surface area contributed by atoms with Crippen LogP contribution in [0, 0.1) is 11.8 Å². The molecule has 1 saturated heterocycles. The molecule has 0 radical (unpaired) electrons. The summed E-state index contributed by atoms with van der Waals surface area (Å²) in [6.07, 6.45) is -2.27. The van der Waals surface area contributed by atoms with E-state index in [1.165, 1.54) is 0 Å². The molecule has 0 bridgehead atoms. The lowest BCUT2D eigenvalue weighted by atomic mass is 9.79. The molecule has 7 heteroatoms. The molecule has 0 spiro atoms. The van der Waals surface area contributed by atoms with Gasteiger partial charge in [-0.15, -0.1) is 0 Å². The van der Waals surface area contributed by atoms with Crippen LogP contribution in [0.1, 0.15) is 34.6 Å². The first-order valence-corrected chi connectivity index (χ1v) is 7.15. The average Bonchev–Trinajstić information content (AvgIpc) is 2.37. The maximum Gasteiger partial charge on any atom is 0.409 e. The van der Waals surface area contributed by atoms with Gasteiger partial charge in [-0.1, -0.05) is 13.8 Å². The fraction of sp³-hybridized carbons (Fsp3) is 0.929. The van der Waals surface area contributed by atoms with Gasteiger partial charge >= 0.3 is 6.09 Å². The fourth-order valence-electron chi connectivity index (χ4n) is 2.48. The lowest BCUT2D eigenvalue weighted by molar-refractivity contribution is -0.251. The van der Waals surface area contributed by atoms with E-state index in [2.05, 4.69) is 5.32 Å². The van der Waals surface area contributed by atoms with Crippen LogP contribution in [0.3, 0.4) is 0 Å². The Hall–Kier alpha value is -0.890. The largest absolute Gasteiger partial charge is 0.444 e. The second-order valence-electron chi connectivity index (χ2n) is 6.65. The quantitative estimate of drug-likeness (QED) is 0.594. The number of amides is 1. The molecule has 1 rings (SSSR count). The van der Waals surface area contributed by atoms with E-state index in [1.54, 1.807) is 34.6 Å². The third-order valence-corrected chi connectivity index (χ3v) is 3.86. The normalized spacial score (nSPS) is 37.1. The number of rotatable bonds is 3. The molecule has 1 amide bonds. The molecule has 124 valence electrons. The van der Waals surface area contributed by atoms with Crippen molar-refractivity contribution in [1.29, 1.82) is 0 Å². The minimum atomic E-state index is -1.48. The summed E-state index contributed by atoms with van der Waals surface area (Å²) in [5.41, 5.74) is -2.18. The topological polar surface area (TPSA) is 108 Å². The van der Waals surface area contributed by atoms with Crippen LogP contribution >= 0.6 is 0 Å². The molecule has 0 aromatic rings. The standard InChI is InChI=1S/C14H27NO6/c1-8-10(6-16)20-14(7-17,9(2)11(8)18)15-12(19)21-13(3,4)5/h8-11,16-18H,6-7H2,1-5H3,(H,15,19)/t8-,9-,10+,11-,14-/m0/s1. The predicted octanol–water partition coefficient (Wildman–Crippen LogP) is 0.224. The Bertz CT molecular complexity index is 367. The summed E-state index contributed by atoms with van der Waals surface area (Å²) >= 11 is 0. The molecule has 0 saturated carbocycles. The highest BCUT2D eigenvalue weighted by Gasteiger charge is 2.51. The Balaban J connectivity index is 2.93. The molecule has 1 aliphatic rings. The number of aliphatic hydroxyl groups excluding tert-OH is 3. The Morgan fingerprint density at radius 3 is 2.33 bits per heavy atom. The minimum Gasteiger partial charge on any atom is -0.444 e. The maximum absolute atomic E-state index is 12.0. The maximum atomic E-state index is 12.0. The van der Waals surface area contributed by atoms with Crippen LogP contribution in [0.2, 0.25) is 0 Å². The summed E-state index contributed by atoms with van der Waals surface area (Å²) in [6, 6.07) is 0. The van der Waals surface area contributed by atoms with E-state index >= 15 is 0 Å². The Morgan fingerprint density at radius 1 is 1.33 bits per heavy atom. The van der Waals surface area contributed by atoms with Crippen LogP contribution in [-0.4, -0.2) is 58.2 Å². The molecule has 7 nitrogen and oxygen atoms in total. The second kappa shape index (κ2) is 6.48. The number of ether oxygens (including phenoxy) is 2. The van der Waals surface area contributed by atoms with Gasteiger partial charge in [0.05, 0.1) is 25.4 Å². The van der Waals surface area contributed by atoms with Crippen LogP contribution in [0.4, 0.5) is 4.79 Å². The van der Waals surface area contributed by atoms with Gasteiger partial charge in [0.25, 0.3) is 0 Å². The third kappa shape index (κ3) is 4.06. The van der Waals surface area contributed by atoms with Crippen LogP contribution in [-0.2, 0) is 9.47 Å². The van der Waals surface area contributed by atoms with Crippen molar-refractivity contribution in [3.05, 3.63) is 0 Å². The van der Waals surface area contributed by atoms with E-state index in [0.29, 0.717) is 0 Å². The van der Waals surface area contributed by atoms with Crippen LogP contribution in [0.5, 0.6) is 0 Å². The van der Waals surface area contributed by atoms with E-state index in [-0.39, 0.29) is 12.5 Å². The molecular formula is C14H27NO6. The van der Waals surface area contributed by atoms with Gasteiger partial charge in [-0.05, 0) is 20.8 Å². The van der Waals surface area contributed by atoms with Gasteiger partial charge in [0.2, 0.25) is 0 Å². The van der Waals surface area contributed by atoms with Crippen molar-refractivity contribution in [2.75, 3.05) is 13.2 Å². The van der Waals surface area contributed by atoms with Gasteiger partial charge in [0.1, 0.15) is 5.60 Å². The Morgan fingerprint density at radius 2 is 1.90 bits per heavy atom. The molecule has 4 N–H and O–H groups in total. The summed E-state index contributed by atoms with van der Waals surface area (Å²) in [7, 11) is 0. The van der Waals surface area contributed by atoms with E-state index in [4.69, 9.17) is 9.47 Å². The highest BCUT2D eigenvalue weighted by molar-refractivity contribution is 5.68. The number of hydrogen-bond acceptors (Lipinski definition) is 6. The monoisotopic (exact) mass is 305 g/mol. The van der Waals surface area contributed by atoms with Gasteiger partial charge in [0.15, 0.2) is 5.72 Å². The summed E-state index contributed by atoms with van der Waals surface area (Å²) in [4.78, 5) is 12.0. The zero-order valence-corrected chi connectivity index (χ0v) is 13.3. The van der Waals surface area contributed by atoms with Crippen molar-refractivity contribution in [2.45, 2.75) is 58.2 Å². The summed E-state index contributed by atoms with van der Waals surface area (Å²) < 4.78 is 10.8. The van der Waals surface area contributed by atoms with Gasteiger partial charge in [-0.3, -0.25) is 5.32 Å². The van der Waals surface area contributed by atoms with Gasteiger partial charge in [-0.25, -0.2) is 4.79 Å². The van der Waals surface area contributed by atoms with Crippen molar-refractivity contribution < 1.29 is 29.6 Å². The van der Waals surface area contributed by atoms with E-state index < -0.39 is 42.2 Å². The lowest BCUT2D eigenvalue weighted by Gasteiger charge is -2.49. The van der Waals surface area contributed by atoms with E-state index in [9.17, 15) is 20.1 Å². The molecule has 0 unspecified atom stereocenters. The molecule has 1 aliphatic heterocycles. The zero-order chi connectivity index (χ0) is 16.4. The van der Waals surface area contributed by atoms with Crippen LogP contribution < -0.4 is 5.32 Å². The van der Waals surface area contributed by atoms with E-state index in [1.807, 2.05) is 0 Å². The third-order valence-electron chi connectivity index (χ3n) is 3.86. The van der Waals surface area contributed by atoms with Crippen LogP contribution in [0.15, 0.2) is 0 Å². The number of hydrogen-bond donors (Lipinski definition) is 4. The van der Waals surface area contributed by atoms with Gasteiger partial charge in [0, 0.05) is 11.8 Å². The smallest absolute Gasteiger partial charge is 0.409 e. The molecule has 0 aliphatic carbocycles. The lowest BCUT2D eigenvalue weighted by Crippen LogP contribution is -2.67. The highest BCUT2D eigenvalue weighted by Crippen LogP contribution is 2.36. The number of carbonyl (C=O) groups excluding carboxylic acids is 1. The molecular weight excluding hydrogens is 278 g/mol. The van der Waals surface area contributed by atoms with Gasteiger partial charge in [-0.2, -0.15) is 0 Å². The molecule has 0 aromatic heterocycles. The first-order chi connectivity index (χ1) is 9.56. The van der Waals surface area contributed by atoms with Gasteiger partial charge < -0.3 is 24.8 Å². The van der Waals surface area contributed by atoms with E-state index in [0.717, 1.165) is 0 Å². The molecule has 5 atom stereocenters. The Labute approximate surface area is 125 Å². The van der Waals surface area contributed by atoms with Crippen molar-refractivity contribution in [2.24, 2.45) is 11.8 Å². The number of alkyl carbamates (subject to hydrolysis) is 1. The second-order valence-corrected chi connectivity index (χ2v) is 6.65. The van der Waals surface area contributed by atoms with Crippen molar-refractivity contribution in [1.82, 2.24) is 5.32 Å².